The van der Waals surface area contributed by atoms with E-state index in [1.54, 1.807) is 6.92 Å². The molecule has 1 aliphatic heterocycles. The third-order valence-electron chi connectivity index (χ3n) is 3.53. The Balaban J connectivity index is 2.01. The van der Waals surface area contributed by atoms with Crippen molar-refractivity contribution in [3.05, 3.63) is 63.9 Å². The van der Waals surface area contributed by atoms with Gasteiger partial charge >= 0.3 is 0 Å². The second-order valence-electron chi connectivity index (χ2n) is 4.85. The number of carbonyl (C=O) groups is 1. The van der Waals surface area contributed by atoms with Gasteiger partial charge in [0.2, 0.25) is 0 Å². The van der Waals surface area contributed by atoms with E-state index in [1.165, 1.54) is 12.1 Å². The molecule has 0 N–H and O–H groups in total. The maximum atomic E-state index is 13.4. The van der Waals surface area contributed by atoms with E-state index in [9.17, 15) is 9.18 Å². The van der Waals surface area contributed by atoms with Gasteiger partial charge in [0.1, 0.15) is 18.2 Å². The summed E-state index contributed by atoms with van der Waals surface area (Å²) < 4.78 is 18.9. The van der Waals surface area contributed by atoms with Crippen LogP contribution >= 0.6 is 11.6 Å². The molecule has 2 aromatic rings. The van der Waals surface area contributed by atoms with Crippen LogP contribution in [0.3, 0.4) is 0 Å². The molecule has 1 heterocycles. The summed E-state index contributed by atoms with van der Waals surface area (Å²) in [6.45, 7) is 1.91. The molecule has 1 unspecified atom stereocenters. The van der Waals surface area contributed by atoms with Crippen LogP contribution in [0.5, 0.6) is 5.75 Å². The summed E-state index contributed by atoms with van der Waals surface area (Å²) in [6.07, 6.45) is 0. The topological polar surface area (TPSA) is 26.3 Å². The number of benzene rings is 2. The van der Waals surface area contributed by atoms with Gasteiger partial charge in [0, 0.05) is 11.1 Å². The first kappa shape index (κ1) is 13.1. The van der Waals surface area contributed by atoms with Gasteiger partial charge in [0.15, 0.2) is 5.78 Å². The molecule has 0 fully saturated rings. The average molecular weight is 291 g/mol. The van der Waals surface area contributed by atoms with Gasteiger partial charge in [-0.2, -0.15) is 0 Å². The molecule has 4 heteroatoms. The van der Waals surface area contributed by atoms with Crippen molar-refractivity contribution in [2.24, 2.45) is 0 Å². The van der Waals surface area contributed by atoms with Gasteiger partial charge in [-0.25, -0.2) is 4.39 Å². The minimum atomic E-state index is -0.408. The summed E-state index contributed by atoms with van der Waals surface area (Å²) in [5, 5.41) is 0.141. The van der Waals surface area contributed by atoms with Crippen LogP contribution in [0.25, 0.3) is 0 Å². The van der Waals surface area contributed by atoms with Crippen molar-refractivity contribution >= 4 is 17.4 Å². The Bertz CT molecular complexity index is 697. The molecule has 3 rings (SSSR count). The molecule has 0 bridgehead atoms. The van der Waals surface area contributed by atoms with Crippen LogP contribution in [0, 0.1) is 12.7 Å². The lowest BCUT2D eigenvalue weighted by molar-refractivity contribution is 0.0947. The lowest BCUT2D eigenvalue weighted by Crippen LogP contribution is -2.15. The van der Waals surface area contributed by atoms with E-state index in [0.717, 1.165) is 11.3 Å². The molecule has 2 aromatic carbocycles. The Morgan fingerprint density at radius 2 is 2.10 bits per heavy atom. The summed E-state index contributed by atoms with van der Waals surface area (Å²) in [5.74, 6) is -0.202. The van der Waals surface area contributed by atoms with Crippen LogP contribution in [-0.2, 0) is 0 Å². The lowest BCUT2D eigenvalue weighted by atomic mass is 9.91. The number of para-hydroxylation sites is 1. The quantitative estimate of drug-likeness (QED) is 0.777. The van der Waals surface area contributed by atoms with Crippen LogP contribution < -0.4 is 4.74 Å². The Hall–Kier alpha value is -1.87. The Kier molecular flexibility index (Phi) is 3.22. The summed E-state index contributed by atoms with van der Waals surface area (Å²) in [6, 6.07) is 10.1. The third-order valence-corrected chi connectivity index (χ3v) is 3.84. The molecule has 0 aliphatic carbocycles. The van der Waals surface area contributed by atoms with E-state index >= 15 is 0 Å². The van der Waals surface area contributed by atoms with E-state index in [-0.39, 0.29) is 16.7 Å². The van der Waals surface area contributed by atoms with Crippen LogP contribution in [0.4, 0.5) is 4.39 Å². The standard InChI is InChI=1S/C16H12ClFO2/c1-9-6-11(13(17)7-14(9)18)16(19)12-8-20-15-5-3-2-4-10(12)15/h2-7,12H,8H2,1H3. The third kappa shape index (κ3) is 2.08. The maximum absolute atomic E-state index is 13.4. The first-order valence-electron chi connectivity index (χ1n) is 6.29. The van der Waals surface area contributed by atoms with Gasteiger partial charge in [0.25, 0.3) is 0 Å². The fourth-order valence-electron chi connectivity index (χ4n) is 2.41. The summed E-state index contributed by atoms with van der Waals surface area (Å²) in [5.41, 5.74) is 1.61. The zero-order valence-electron chi connectivity index (χ0n) is 10.8. The summed E-state index contributed by atoms with van der Waals surface area (Å²) in [7, 11) is 0. The highest BCUT2D eigenvalue weighted by atomic mass is 35.5. The molecule has 0 saturated heterocycles. The maximum Gasteiger partial charge on any atom is 0.175 e. The van der Waals surface area contributed by atoms with Crippen molar-refractivity contribution in [1.82, 2.24) is 0 Å². The number of aryl methyl sites for hydroxylation is 1. The molecule has 0 aromatic heterocycles. The van der Waals surface area contributed by atoms with E-state index in [4.69, 9.17) is 16.3 Å². The van der Waals surface area contributed by atoms with Gasteiger partial charge < -0.3 is 4.74 Å². The molecule has 0 radical (unpaired) electrons. The number of halogens is 2. The highest BCUT2D eigenvalue weighted by molar-refractivity contribution is 6.34. The number of ether oxygens (including phenoxy) is 1. The molecule has 102 valence electrons. The van der Waals surface area contributed by atoms with E-state index in [2.05, 4.69) is 0 Å². The minimum absolute atomic E-state index is 0.136. The van der Waals surface area contributed by atoms with E-state index < -0.39 is 5.82 Å². The van der Waals surface area contributed by atoms with Gasteiger partial charge in [-0.1, -0.05) is 29.8 Å². The molecule has 0 spiro atoms. The molecular formula is C16H12ClFO2. The second kappa shape index (κ2) is 4.91. The number of ketones is 1. The zero-order valence-corrected chi connectivity index (χ0v) is 11.6. The monoisotopic (exact) mass is 290 g/mol. The van der Waals surface area contributed by atoms with Crippen LogP contribution in [-0.4, -0.2) is 12.4 Å². The van der Waals surface area contributed by atoms with E-state index in [0.29, 0.717) is 17.7 Å². The van der Waals surface area contributed by atoms with Gasteiger partial charge in [-0.3, -0.25) is 4.79 Å². The highest BCUT2D eigenvalue weighted by Crippen LogP contribution is 2.37. The number of Topliss-reactive ketones (excluding diaryl/α,β-unsaturated/α-hetero) is 1. The molecular weight excluding hydrogens is 279 g/mol. The summed E-state index contributed by atoms with van der Waals surface area (Å²) in [4.78, 5) is 12.6. The fourth-order valence-corrected chi connectivity index (χ4v) is 2.66. The van der Waals surface area contributed by atoms with Gasteiger partial charge in [-0.15, -0.1) is 0 Å². The molecule has 1 atom stereocenters. The molecule has 1 aliphatic rings. The second-order valence-corrected chi connectivity index (χ2v) is 5.25. The Labute approximate surface area is 121 Å². The predicted molar refractivity (Wildman–Crippen MR) is 75.2 cm³/mol. The van der Waals surface area contributed by atoms with Crippen molar-refractivity contribution in [1.29, 1.82) is 0 Å². The number of hydrogen-bond donors (Lipinski definition) is 0. The Morgan fingerprint density at radius 1 is 1.35 bits per heavy atom. The fraction of sp³-hybridized carbons (Fsp3) is 0.188. The number of carbonyl (C=O) groups excluding carboxylic acids is 1. The predicted octanol–water partition coefficient (Wildman–Crippen LogP) is 4.15. The van der Waals surface area contributed by atoms with Crippen LogP contribution in [0.1, 0.15) is 27.4 Å². The van der Waals surface area contributed by atoms with Crippen LogP contribution in [0.2, 0.25) is 5.02 Å². The zero-order chi connectivity index (χ0) is 14.3. The highest BCUT2D eigenvalue weighted by Gasteiger charge is 2.31. The number of rotatable bonds is 2. The smallest absolute Gasteiger partial charge is 0.175 e. The number of fused-ring (bicyclic) bond motifs is 1. The van der Waals surface area contributed by atoms with Gasteiger partial charge in [0.05, 0.1) is 10.9 Å². The average Bonchev–Trinajstić information content (AvgIpc) is 2.86. The van der Waals surface area contributed by atoms with Crippen molar-refractivity contribution in [3.63, 3.8) is 0 Å². The normalized spacial score (nSPS) is 16.6. The van der Waals surface area contributed by atoms with E-state index in [1.807, 2.05) is 24.3 Å². The SMILES string of the molecule is Cc1cc(C(=O)C2COc3ccccc32)c(Cl)cc1F. The largest absolute Gasteiger partial charge is 0.492 e. The van der Waals surface area contributed by atoms with Crippen molar-refractivity contribution in [2.75, 3.05) is 6.61 Å². The first-order valence-corrected chi connectivity index (χ1v) is 6.67. The molecule has 0 amide bonds. The molecule has 20 heavy (non-hydrogen) atoms. The lowest BCUT2D eigenvalue weighted by Gasteiger charge is -2.10. The molecule has 2 nitrogen and oxygen atoms in total. The van der Waals surface area contributed by atoms with Crippen molar-refractivity contribution < 1.29 is 13.9 Å². The van der Waals surface area contributed by atoms with Crippen molar-refractivity contribution in [3.8, 4) is 5.75 Å². The van der Waals surface area contributed by atoms with Crippen molar-refractivity contribution in [2.45, 2.75) is 12.8 Å². The Morgan fingerprint density at radius 3 is 2.90 bits per heavy atom. The van der Waals surface area contributed by atoms with Crippen LogP contribution in [0.15, 0.2) is 36.4 Å². The first-order chi connectivity index (χ1) is 9.58. The summed E-state index contributed by atoms with van der Waals surface area (Å²) >= 11 is 6.00. The minimum Gasteiger partial charge on any atom is -0.492 e. The number of hydrogen-bond acceptors (Lipinski definition) is 2. The molecule has 0 saturated carbocycles. The van der Waals surface area contributed by atoms with Gasteiger partial charge in [-0.05, 0) is 30.7 Å².